The number of hydrogen-bond acceptors (Lipinski definition) is 7. The van der Waals surface area contributed by atoms with E-state index in [0.29, 0.717) is 43.8 Å². The molecular weight excluding hydrogens is 439 g/mol. The molecule has 2 N–H and O–H groups in total. The maximum atomic E-state index is 13.2. The van der Waals surface area contributed by atoms with E-state index in [9.17, 15) is 14.3 Å². The molecular formula is C22H30ClFN4O4. The van der Waals surface area contributed by atoms with Crippen LogP contribution in [0.25, 0.3) is 0 Å². The topological polar surface area (TPSA) is 91.1 Å². The van der Waals surface area contributed by atoms with Crippen LogP contribution in [-0.4, -0.2) is 77.8 Å². The summed E-state index contributed by atoms with van der Waals surface area (Å²) >= 11 is 5.74. The van der Waals surface area contributed by atoms with Gasteiger partial charge in [0.25, 0.3) is 5.91 Å². The van der Waals surface area contributed by atoms with Crippen LogP contribution >= 0.6 is 11.6 Å². The molecule has 1 aromatic carbocycles. The molecule has 8 nitrogen and oxygen atoms in total. The van der Waals surface area contributed by atoms with Gasteiger partial charge in [-0.05, 0) is 24.1 Å². The molecule has 10 heteroatoms. The summed E-state index contributed by atoms with van der Waals surface area (Å²) in [5.41, 5.74) is 0.516. The number of ether oxygens (including phenoxy) is 1. The van der Waals surface area contributed by atoms with Crippen molar-refractivity contribution < 1.29 is 23.4 Å². The summed E-state index contributed by atoms with van der Waals surface area (Å²) in [6, 6.07) is 3.94. The summed E-state index contributed by atoms with van der Waals surface area (Å²) in [4.78, 5) is 21.0. The average molecular weight is 469 g/mol. The van der Waals surface area contributed by atoms with Crippen LogP contribution < -0.4 is 5.32 Å². The fourth-order valence-electron chi connectivity index (χ4n) is 3.37. The number of hydrogen-bond donors (Lipinski definition) is 2. The van der Waals surface area contributed by atoms with Crippen molar-refractivity contribution in [3.05, 3.63) is 46.9 Å². The van der Waals surface area contributed by atoms with Crippen molar-refractivity contribution in [2.75, 3.05) is 51.3 Å². The summed E-state index contributed by atoms with van der Waals surface area (Å²) in [5.74, 6) is -0.111. The van der Waals surface area contributed by atoms with Gasteiger partial charge < -0.3 is 19.6 Å². The molecule has 2 aromatic rings. The molecule has 32 heavy (non-hydrogen) atoms. The van der Waals surface area contributed by atoms with Crippen molar-refractivity contribution >= 4 is 23.2 Å². The lowest BCUT2D eigenvalue weighted by Gasteiger charge is -2.34. The summed E-state index contributed by atoms with van der Waals surface area (Å²) in [6.07, 6.45) is 0.809. The zero-order valence-electron chi connectivity index (χ0n) is 18.4. The molecule has 0 unspecified atom stereocenters. The normalized spacial score (nSPS) is 16.4. The number of carbonyl (C=O) groups is 1. The second kappa shape index (κ2) is 11.7. The van der Waals surface area contributed by atoms with E-state index in [1.54, 1.807) is 0 Å². The van der Waals surface area contributed by atoms with E-state index in [-0.39, 0.29) is 10.7 Å². The predicted molar refractivity (Wildman–Crippen MR) is 119 cm³/mol. The number of oxazole rings is 1. The van der Waals surface area contributed by atoms with E-state index in [2.05, 4.69) is 33.9 Å². The standard InChI is InChI=1S/C22H30ClFN4O4/c1-15(2)12-31-13-17(29)10-27-5-7-28(8-6-27)11-21-26-20(14-32-21)22(30)25-16-3-4-19(24)18(23)9-16/h3-4,9,14-15,17,29H,5-8,10-13H2,1-2H3,(H,25,30)/t17-/m0/s1. The molecule has 0 bridgehead atoms. The number of aliphatic hydroxyl groups excluding tert-OH is 1. The highest BCUT2D eigenvalue weighted by molar-refractivity contribution is 6.31. The Hall–Kier alpha value is -2.04. The van der Waals surface area contributed by atoms with E-state index >= 15 is 0 Å². The third kappa shape index (κ3) is 7.53. The van der Waals surface area contributed by atoms with E-state index in [4.69, 9.17) is 20.8 Å². The number of amides is 1. The molecule has 2 heterocycles. The fraction of sp³-hybridized carbons (Fsp3) is 0.545. The summed E-state index contributed by atoms with van der Waals surface area (Å²) in [5, 5.41) is 12.7. The van der Waals surface area contributed by atoms with Gasteiger partial charge in [0, 0.05) is 45.0 Å². The van der Waals surface area contributed by atoms with Crippen molar-refractivity contribution in [3.63, 3.8) is 0 Å². The van der Waals surface area contributed by atoms with E-state index < -0.39 is 17.8 Å². The second-order valence-electron chi connectivity index (χ2n) is 8.37. The molecule has 0 saturated carbocycles. The SMILES string of the molecule is CC(C)COC[C@@H](O)CN1CCN(Cc2nc(C(=O)Nc3ccc(F)c(Cl)c3)co2)CC1. The molecule has 0 radical (unpaired) electrons. The highest BCUT2D eigenvalue weighted by atomic mass is 35.5. The van der Waals surface area contributed by atoms with Crippen LogP contribution in [0.3, 0.4) is 0 Å². The van der Waals surface area contributed by atoms with Gasteiger partial charge in [0.15, 0.2) is 5.69 Å². The van der Waals surface area contributed by atoms with Crippen LogP contribution in [-0.2, 0) is 11.3 Å². The van der Waals surface area contributed by atoms with Gasteiger partial charge in [-0.3, -0.25) is 14.6 Å². The smallest absolute Gasteiger partial charge is 0.277 e. The Balaban J connectivity index is 1.41. The zero-order valence-corrected chi connectivity index (χ0v) is 19.1. The van der Waals surface area contributed by atoms with Gasteiger partial charge in [-0.25, -0.2) is 9.37 Å². The van der Waals surface area contributed by atoms with Gasteiger partial charge in [-0.15, -0.1) is 0 Å². The van der Waals surface area contributed by atoms with Crippen molar-refractivity contribution in [3.8, 4) is 0 Å². The Labute approximate surface area is 192 Å². The van der Waals surface area contributed by atoms with Crippen LogP contribution in [0.4, 0.5) is 10.1 Å². The minimum atomic E-state index is -0.553. The van der Waals surface area contributed by atoms with Gasteiger partial charge >= 0.3 is 0 Å². The third-order valence-corrected chi connectivity index (χ3v) is 5.31. The molecule has 176 valence electrons. The monoisotopic (exact) mass is 468 g/mol. The first-order chi connectivity index (χ1) is 15.3. The highest BCUT2D eigenvalue weighted by Gasteiger charge is 2.21. The number of halogens is 2. The maximum Gasteiger partial charge on any atom is 0.277 e. The molecule has 3 rings (SSSR count). The van der Waals surface area contributed by atoms with Gasteiger partial charge in [-0.2, -0.15) is 0 Å². The number of aromatic nitrogens is 1. The Morgan fingerprint density at radius 3 is 2.69 bits per heavy atom. The lowest BCUT2D eigenvalue weighted by molar-refractivity contribution is -0.000850. The molecule has 1 atom stereocenters. The predicted octanol–water partition coefficient (Wildman–Crippen LogP) is 2.87. The zero-order chi connectivity index (χ0) is 23.1. The van der Waals surface area contributed by atoms with Gasteiger partial charge in [0.2, 0.25) is 5.89 Å². The molecule has 1 aliphatic heterocycles. The third-order valence-electron chi connectivity index (χ3n) is 5.02. The molecule has 0 spiro atoms. The van der Waals surface area contributed by atoms with Crippen molar-refractivity contribution in [1.82, 2.24) is 14.8 Å². The van der Waals surface area contributed by atoms with Crippen LogP contribution in [0.15, 0.2) is 28.9 Å². The number of β-amino-alcohol motifs (C(OH)–C–C–N with tert-alkyl or cyclic N) is 1. The number of nitrogens with one attached hydrogen (secondary N) is 1. The Morgan fingerprint density at radius 2 is 2.00 bits per heavy atom. The number of anilines is 1. The summed E-state index contributed by atoms with van der Waals surface area (Å²) in [7, 11) is 0. The Kier molecular flexibility index (Phi) is 9.01. The molecule has 0 aliphatic carbocycles. The number of carbonyl (C=O) groups excluding carboxylic acids is 1. The number of aliphatic hydroxyl groups is 1. The fourth-order valence-corrected chi connectivity index (χ4v) is 3.55. The van der Waals surface area contributed by atoms with Crippen molar-refractivity contribution in [1.29, 1.82) is 0 Å². The maximum absolute atomic E-state index is 13.2. The average Bonchev–Trinajstić information content (AvgIpc) is 3.20. The molecule has 1 aliphatic rings. The lowest BCUT2D eigenvalue weighted by Crippen LogP contribution is -2.48. The van der Waals surface area contributed by atoms with E-state index in [1.165, 1.54) is 24.5 Å². The Morgan fingerprint density at radius 1 is 1.28 bits per heavy atom. The lowest BCUT2D eigenvalue weighted by atomic mass is 10.2. The van der Waals surface area contributed by atoms with Gasteiger partial charge in [0.05, 0.1) is 24.3 Å². The largest absolute Gasteiger partial charge is 0.447 e. The molecule has 1 aromatic heterocycles. The van der Waals surface area contributed by atoms with E-state index in [0.717, 1.165) is 26.2 Å². The summed E-state index contributed by atoms with van der Waals surface area (Å²) < 4.78 is 24.2. The van der Waals surface area contributed by atoms with Crippen LogP contribution in [0, 0.1) is 11.7 Å². The van der Waals surface area contributed by atoms with Gasteiger partial charge in [-0.1, -0.05) is 25.4 Å². The van der Waals surface area contributed by atoms with Crippen molar-refractivity contribution in [2.45, 2.75) is 26.5 Å². The first-order valence-corrected chi connectivity index (χ1v) is 11.1. The second-order valence-corrected chi connectivity index (χ2v) is 8.78. The minimum absolute atomic E-state index is 0.0709. The van der Waals surface area contributed by atoms with Crippen molar-refractivity contribution in [2.24, 2.45) is 5.92 Å². The van der Waals surface area contributed by atoms with Gasteiger partial charge in [0.1, 0.15) is 12.1 Å². The number of nitrogens with zero attached hydrogens (tertiary/aromatic N) is 3. The minimum Gasteiger partial charge on any atom is -0.447 e. The number of rotatable bonds is 10. The van der Waals surface area contributed by atoms with Crippen LogP contribution in [0.2, 0.25) is 5.02 Å². The van der Waals surface area contributed by atoms with E-state index in [1.807, 2.05) is 0 Å². The molecule has 1 saturated heterocycles. The molecule has 1 fully saturated rings. The molecule has 1 amide bonds. The Bertz CT molecular complexity index is 887. The first-order valence-electron chi connectivity index (χ1n) is 10.7. The van der Waals surface area contributed by atoms with Crippen LogP contribution in [0.5, 0.6) is 0 Å². The number of piperazine rings is 1. The summed E-state index contributed by atoms with van der Waals surface area (Å²) in [6.45, 7) is 9.48. The number of benzene rings is 1. The van der Waals surface area contributed by atoms with Crippen LogP contribution in [0.1, 0.15) is 30.2 Å². The highest BCUT2D eigenvalue weighted by Crippen LogP contribution is 2.20. The first kappa shape index (κ1) is 24.6. The quantitative estimate of drug-likeness (QED) is 0.554.